The fourth-order valence-corrected chi connectivity index (χ4v) is 4.45. The number of ether oxygens (including phenoxy) is 2. The van der Waals surface area contributed by atoms with Gasteiger partial charge < -0.3 is 14.4 Å². The molecule has 162 valence electrons. The first-order valence-electron chi connectivity index (χ1n) is 10.4. The van der Waals surface area contributed by atoms with Crippen LogP contribution in [0.4, 0.5) is 5.69 Å². The molecule has 2 aromatic carbocycles. The Morgan fingerprint density at radius 2 is 1.91 bits per heavy atom. The van der Waals surface area contributed by atoms with E-state index < -0.39 is 0 Å². The van der Waals surface area contributed by atoms with Gasteiger partial charge in [0.15, 0.2) is 11.5 Å². The number of para-hydroxylation sites is 1. The Morgan fingerprint density at radius 3 is 2.75 bits per heavy atom. The molecule has 0 bridgehead atoms. The van der Waals surface area contributed by atoms with E-state index in [-0.39, 0.29) is 17.8 Å². The number of anilines is 1. The third-order valence-corrected chi connectivity index (χ3v) is 6.19. The lowest BCUT2D eigenvalue weighted by atomic mass is 10.2. The molecule has 0 saturated carbocycles. The van der Waals surface area contributed by atoms with Gasteiger partial charge in [0, 0.05) is 28.4 Å². The molecule has 0 spiro atoms. The van der Waals surface area contributed by atoms with Crippen LogP contribution in [-0.4, -0.2) is 28.9 Å². The van der Waals surface area contributed by atoms with Crippen molar-refractivity contribution in [1.29, 1.82) is 0 Å². The summed E-state index contributed by atoms with van der Waals surface area (Å²) in [5.74, 6) is 1.29. The van der Waals surface area contributed by atoms with E-state index in [1.807, 2.05) is 53.9 Å². The number of carbonyl (C=O) groups excluding carboxylic acids is 1. The zero-order valence-electron chi connectivity index (χ0n) is 17.3. The Kier molecular flexibility index (Phi) is 5.60. The lowest BCUT2D eigenvalue weighted by Gasteiger charge is -2.25. The molecule has 4 aromatic rings. The molecule has 8 heteroatoms. The molecule has 1 aliphatic heterocycles. The monoisotopic (exact) mass is 447 g/mol. The maximum absolute atomic E-state index is 13.4. The Hall–Kier alpha value is -3.65. The minimum Gasteiger partial charge on any atom is -0.486 e. The van der Waals surface area contributed by atoms with E-state index in [1.165, 1.54) is 6.20 Å². The van der Waals surface area contributed by atoms with Crippen LogP contribution >= 0.6 is 11.3 Å². The standard InChI is InChI=1S/C24H21N3O4S/c28-21-15-25-27(20-6-2-1-5-19(20)21)10-9-24(29)26(16-18-4-3-13-32-18)17-7-8-22-23(14-17)31-12-11-30-22/h1-8,13-15H,9-12,16H2. The number of hydrogen-bond donors (Lipinski definition) is 0. The van der Waals surface area contributed by atoms with Gasteiger partial charge in [-0.1, -0.05) is 18.2 Å². The third-order valence-electron chi connectivity index (χ3n) is 5.33. The number of amides is 1. The molecule has 0 N–H and O–H groups in total. The number of rotatable bonds is 6. The molecule has 0 saturated heterocycles. The first-order valence-corrected chi connectivity index (χ1v) is 11.2. The number of nitrogens with zero attached hydrogens (tertiary/aromatic N) is 3. The fraction of sp³-hybridized carbons (Fsp3) is 0.208. The van der Waals surface area contributed by atoms with Gasteiger partial charge in [0.1, 0.15) is 13.2 Å². The van der Waals surface area contributed by atoms with Gasteiger partial charge in [0.2, 0.25) is 11.3 Å². The molecule has 0 fully saturated rings. The number of thiophene rings is 1. The molecule has 32 heavy (non-hydrogen) atoms. The fourth-order valence-electron chi connectivity index (χ4n) is 3.76. The average molecular weight is 448 g/mol. The molecule has 5 rings (SSSR count). The molecule has 0 atom stereocenters. The normalized spacial score (nSPS) is 12.6. The number of aromatic nitrogens is 2. The van der Waals surface area contributed by atoms with Crippen LogP contribution in [0.5, 0.6) is 11.5 Å². The Balaban J connectivity index is 1.41. The molecular weight excluding hydrogens is 426 g/mol. The number of aryl methyl sites for hydroxylation is 1. The quantitative estimate of drug-likeness (QED) is 0.449. The predicted molar refractivity (Wildman–Crippen MR) is 124 cm³/mol. The average Bonchev–Trinajstić information content (AvgIpc) is 3.35. The van der Waals surface area contributed by atoms with Gasteiger partial charge in [-0.2, -0.15) is 5.10 Å². The summed E-state index contributed by atoms with van der Waals surface area (Å²) in [7, 11) is 0. The van der Waals surface area contributed by atoms with Gasteiger partial charge >= 0.3 is 0 Å². The minimum atomic E-state index is -0.126. The first kappa shape index (κ1) is 20.3. The van der Waals surface area contributed by atoms with Crippen molar-refractivity contribution in [2.45, 2.75) is 19.5 Å². The molecular formula is C24H21N3O4S. The highest BCUT2D eigenvalue weighted by Crippen LogP contribution is 2.35. The van der Waals surface area contributed by atoms with Crippen molar-refractivity contribution in [3.63, 3.8) is 0 Å². The highest BCUT2D eigenvalue weighted by molar-refractivity contribution is 7.09. The Bertz CT molecular complexity index is 1320. The summed E-state index contributed by atoms with van der Waals surface area (Å²) in [5, 5.41) is 6.84. The van der Waals surface area contributed by atoms with Gasteiger partial charge in [0.25, 0.3) is 0 Å². The smallest absolute Gasteiger partial charge is 0.229 e. The van der Waals surface area contributed by atoms with Gasteiger partial charge in [-0.25, -0.2) is 0 Å². The zero-order chi connectivity index (χ0) is 21.9. The van der Waals surface area contributed by atoms with Crippen molar-refractivity contribution in [2.24, 2.45) is 0 Å². The van der Waals surface area contributed by atoms with Crippen LogP contribution < -0.4 is 19.8 Å². The summed E-state index contributed by atoms with van der Waals surface area (Å²) in [5.41, 5.74) is 1.35. The van der Waals surface area contributed by atoms with Crippen molar-refractivity contribution in [3.05, 3.63) is 81.3 Å². The Labute approximate surface area is 188 Å². The van der Waals surface area contributed by atoms with Crippen LogP contribution in [0, 0.1) is 0 Å². The van der Waals surface area contributed by atoms with Crippen molar-refractivity contribution in [1.82, 2.24) is 9.78 Å². The number of benzene rings is 2. The van der Waals surface area contributed by atoms with Crippen molar-refractivity contribution < 1.29 is 14.3 Å². The summed E-state index contributed by atoms with van der Waals surface area (Å²) in [6.07, 6.45) is 1.54. The van der Waals surface area contributed by atoms with Crippen LogP contribution in [0.3, 0.4) is 0 Å². The van der Waals surface area contributed by atoms with Crippen molar-refractivity contribution in [2.75, 3.05) is 18.1 Å². The first-order chi connectivity index (χ1) is 15.7. The number of fused-ring (bicyclic) bond motifs is 2. The SMILES string of the molecule is O=C(CCn1ncc(=O)c2ccccc21)N(Cc1cccs1)c1ccc2c(c1)OCCO2. The predicted octanol–water partition coefficient (Wildman–Crippen LogP) is 3.85. The molecule has 0 unspecified atom stereocenters. The second-order valence-electron chi connectivity index (χ2n) is 7.39. The largest absolute Gasteiger partial charge is 0.486 e. The summed E-state index contributed by atoms with van der Waals surface area (Å²) >= 11 is 1.61. The summed E-state index contributed by atoms with van der Waals surface area (Å²) in [4.78, 5) is 28.3. The highest BCUT2D eigenvalue weighted by atomic mass is 32.1. The molecule has 0 radical (unpaired) electrons. The lowest BCUT2D eigenvalue weighted by Crippen LogP contribution is -2.31. The molecule has 3 heterocycles. The van der Waals surface area contributed by atoms with Gasteiger partial charge in [-0.15, -0.1) is 11.3 Å². The van der Waals surface area contributed by atoms with E-state index in [0.717, 1.165) is 16.1 Å². The lowest BCUT2D eigenvalue weighted by molar-refractivity contribution is -0.119. The maximum atomic E-state index is 13.4. The number of carbonyl (C=O) groups is 1. The van der Waals surface area contributed by atoms with E-state index in [4.69, 9.17) is 9.47 Å². The van der Waals surface area contributed by atoms with Crippen molar-refractivity contribution >= 4 is 33.8 Å². The van der Waals surface area contributed by atoms with Crippen LogP contribution in [0.2, 0.25) is 0 Å². The highest BCUT2D eigenvalue weighted by Gasteiger charge is 2.20. The van der Waals surface area contributed by atoms with E-state index in [2.05, 4.69) is 5.10 Å². The topological polar surface area (TPSA) is 73.7 Å². The van der Waals surface area contributed by atoms with Crippen LogP contribution in [0.1, 0.15) is 11.3 Å². The molecule has 1 aliphatic rings. The van der Waals surface area contributed by atoms with Crippen LogP contribution in [0.15, 0.2) is 71.0 Å². The third kappa shape index (κ3) is 4.09. The maximum Gasteiger partial charge on any atom is 0.229 e. The van der Waals surface area contributed by atoms with Gasteiger partial charge in [0.05, 0.1) is 24.8 Å². The Morgan fingerprint density at radius 1 is 1.06 bits per heavy atom. The van der Waals surface area contributed by atoms with E-state index in [1.54, 1.807) is 27.0 Å². The molecule has 7 nitrogen and oxygen atoms in total. The molecule has 0 aliphatic carbocycles. The second kappa shape index (κ2) is 8.84. The summed E-state index contributed by atoms with van der Waals surface area (Å²) < 4.78 is 13.0. The minimum absolute atomic E-state index is 0.0420. The second-order valence-corrected chi connectivity index (χ2v) is 8.42. The zero-order valence-corrected chi connectivity index (χ0v) is 18.1. The van der Waals surface area contributed by atoms with E-state index in [0.29, 0.717) is 43.2 Å². The summed E-state index contributed by atoms with van der Waals surface area (Å²) in [6.45, 7) is 1.84. The summed E-state index contributed by atoms with van der Waals surface area (Å²) in [6, 6.07) is 16.9. The van der Waals surface area contributed by atoms with Gasteiger partial charge in [-0.05, 0) is 35.7 Å². The van der Waals surface area contributed by atoms with Crippen LogP contribution in [-0.2, 0) is 17.9 Å². The molecule has 1 amide bonds. The van der Waals surface area contributed by atoms with Crippen molar-refractivity contribution in [3.8, 4) is 11.5 Å². The van der Waals surface area contributed by atoms with E-state index in [9.17, 15) is 9.59 Å². The van der Waals surface area contributed by atoms with Gasteiger partial charge in [-0.3, -0.25) is 14.3 Å². The van der Waals surface area contributed by atoms with Crippen LogP contribution in [0.25, 0.3) is 10.9 Å². The van der Waals surface area contributed by atoms with E-state index >= 15 is 0 Å². The number of hydrogen-bond acceptors (Lipinski definition) is 6. The molecule has 2 aromatic heterocycles.